The van der Waals surface area contributed by atoms with Crippen LogP contribution in [0.15, 0.2) is 18.2 Å². The lowest BCUT2D eigenvalue weighted by molar-refractivity contribution is -0.137. The van der Waals surface area contributed by atoms with Gasteiger partial charge in [-0.2, -0.15) is 13.2 Å². The third kappa shape index (κ3) is 6.33. The van der Waals surface area contributed by atoms with Crippen molar-refractivity contribution in [2.75, 3.05) is 39.0 Å². The van der Waals surface area contributed by atoms with Crippen LogP contribution in [0.5, 0.6) is 0 Å². The number of likely N-dealkylation sites (N-methyl/N-ethyl adjacent to an activating group) is 1. The molecule has 118 valence electrons. The third-order valence-electron chi connectivity index (χ3n) is 2.59. The van der Waals surface area contributed by atoms with Gasteiger partial charge in [-0.25, -0.2) is 0 Å². The molecule has 0 fully saturated rings. The van der Waals surface area contributed by atoms with Gasteiger partial charge in [0.2, 0.25) is 5.91 Å². The second-order valence-corrected chi connectivity index (χ2v) is 5.13. The molecule has 1 aromatic rings. The molecule has 0 bridgehead atoms. The molecule has 0 atom stereocenters. The highest BCUT2D eigenvalue weighted by molar-refractivity contribution is 6.33. The van der Waals surface area contributed by atoms with Crippen molar-refractivity contribution in [3.63, 3.8) is 0 Å². The fraction of sp³-hybridized carbons (Fsp3) is 0.462. The van der Waals surface area contributed by atoms with Crippen molar-refractivity contribution in [1.29, 1.82) is 0 Å². The maximum atomic E-state index is 12.6. The summed E-state index contributed by atoms with van der Waals surface area (Å²) in [4.78, 5) is 13.6. The average molecular weight is 324 g/mol. The number of nitrogens with zero attached hydrogens (tertiary/aromatic N) is 1. The summed E-state index contributed by atoms with van der Waals surface area (Å²) < 4.78 is 37.8. The van der Waals surface area contributed by atoms with E-state index in [0.29, 0.717) is 6.54 Å². The lowest BCUT2D eigenvalue weighted by Gasteiger charge is -2.13. The predicted octanol–water partition coefficient (Wildman–Crippen LogP) is 2.45. The first-order valence-electron chi connectivity index (χ1n) is 6.22. The molecule has 21 heavy (non-hydrogen) atoms. The Hall–Kier alpha value is -1.31. The van der Waals surface area contributed by atoms with E-state index in [0.717, 1.165) is 24.7 Å². The van der Waals surface area contributed by atoms with Gasteiger partial charge in [-0.05, 0) is 32.3 Å². The molecule has 2 N–H and O–H groups in total. The van der Waals surface area contributed by atoms with Crippen LogP contribution in [-0.2, 0) is 11.0 Å². The Kier molecular flexibility index (Phi) is 6.44. The lowest BCUT2D eigenvalue weighted by Crippen LogP contribution is -2.33. The summed E-state index contributed by atoms with van der Waals surface area (Å²) in [5, 5.41) is 5.31. The van der Waals surface area contributed by atoms with Crippen LogP contribution in [0, 0.1) is 0 Å². The fourth-order valence-corrected chi connectivity index (χ4v) is 1.66. The molecule has 0 aliphatic rings. The molecule has 8 heteroatoms. The Bertz CT molecular complexity index is 492. The van der Waals surface area contributed by atoms with Crippen LogP contribution in [0.4, 0.5) is 18.9 Å². The van der Waals surface area contributed by atoms with E-state index in [1.54, 1.807) is 0 Å². The summed E-state index contributed by atoms with van der Waals surface area (Å²) >= 11 is 5.78. The zero-order valence-electron chi connectivity index (χ0n) is 11.7. The zero-order valence-corrected chi connectivity index (χ0v) is 12.5. The number of carbonyl (C=O) groups excluding carboxylic acids is 1. The number of carbonyl (C=O) groups is 1. The number of hydrogen-bond donors (Lipinski definition) is 2. The first-order valence-corrected chi connectivity index (χ1v) is 6.60. The Labute approximate surface area is 126 Å². The van der Waals surface area contributed by atoms with Gasteiger partial charge in [0.25, 0.3) is 0 Å². The molecular formula is C13H17ClF3N3O. The number of alkyl halides is 3. The van der Waals surface area contributed by atoms with Gasteiger partial charge in [-0.15, -0.1) is 0 Å². The Morgan fingerprint density at radius 2 is 2.00 bits per heavy atom. The van der Waals surface area contributed by atoms with Gasteiger partial charge >= 0.3 is 6.18 Å². The van der Waals surface area contributed by atoms with Crippen LogP contribution in [0.2, 0.25) is 5.02 Å². The fourth-order valence-electron chi connectivity index (χ4n) is 1.50. The van der Waals surface area contributed by atoms with E-state index >= 15 is 0 Å². The van der Waals surface area contributed by atoms with E-state index in [-0.39, 0.29) is 17.3 Å². The van der Waals surface area contributed by atoms with Crippen LogP contribution in [-0.4, -0.2) is 44.5 Å². The second-order valence-electron chi connectivity index (χ2n) is 4.72. The van der Waals surface area contributed by atoms with Crippen LogP contribution in [0.1, 0.15) is 5.56 Å². The maximum Gasteiger partial charge on any atom is 0.416 e. The molecule has 0 radical (unpaired) electrons. The molecule has 1 aromatic carbocycles. The number of nitrogens with one attached hydrogen (secondary N) is 2. The van der Waals surface area contributed by atoms with Gasteiger partial charge in [0, 0.05) is 13.1 Å². The van der Waals surface area contributed by atoms with Crippen LogP contribution in [0.25, 0.3) is 0 Å². The van der Waals surface area contributed by atoms with E-state index in [1.807, 2.05) is 19.0 Å². The van der Waals surface area contributed by atoms with Gasteiger partial charge in [-0.1, -0.05) is 11.6 Å². The van der Waals surface area contributed by atoms with Crippen LogP contribution < -0.4 is 10.6 Å². The minimum atomic E-state index is -4.48. The van der Waals surface area contributed by atoms with E-state index in [4.69, 9.17) is 11.6 Å². The van der Waals surface area contributed by atoms with Crippen molar-refractivity contribution >= 4 is 23.2 Å². The first-order chi connectivity index (χ1) is 9.70. The predicted molar refractivity (Wildman–Crippen MR) is 76.5 cm³/mol. The van der Waals surface area contributed by atoms with Gasteiger partial charge in [-0.3, -0.25) is 4.79 Å². The molecule has 0 aliphatic carbocycles. The van der Waals surface area contributed by atoms with E-state index in [2.05, 4.69) is 10.6 Å². The van der Waals surface area contributed by atoms with E-state index < -0.39 is 17.6 Å². The summed E-state index contributed by atoms with van der Waals surface area (Å²) in [7, 11) is 3.79. The highest BCUT2D eigenvalue weighted by Gasteiger charge is 2.31. The number of halogens is 4. The summed E-state index contributed by atoms with van der Waals surface area (Å²) in [5.74, 6) is -0.449. The summed E-state index contributed by atoms with van der Waals surface area (Å²) in [6.45, 7) is 1.34. The lowest BCUT2D eigenvalue weighted by atomic mass is 10.2. The molecule has 4 nitrogen and oxygen atoms in total. The van der Waals surface area contributed by atoms with Crippen molar-refractivity contribution in [2.24, 2.45) is 0 Å². The first kappa shape index (κ1) is 17.7. The monoisotopic (exact) mass is 323 g/mol. The molecule has 0 unspecified atom stereocenters. The summed E-state index contributed by atoms with van der Waals surface area (Å²) in [5.41, 5.74) is -0.909. The van der Waals surface area contributed by atoms with Gasteiger partial charge in [0.1, 0.15) is 0 Å². The van der Waals surface area contributed by atoms with E-state index in [9.17, 15) is 18.0 Å². The molecule has 0 aromatic heterocycles. The molecule has 1 rings (SSSR count). The molecule has 0 spiro atoms. The highest BCUT2D eigenvalue weighted by atomic mass is 35.5. The number of anilines is 1. The SMILES string of the molecule is CN(C)CCNCC(=O)Nc1cc(C(F)(F)F)ccc1Cl. The Morgan fingerprint density at radius 3 is 2.57 bits per heavy atom. The highest BCUT2D eigenvalue weighted by Crippen LogP contribution is 2.33. The van der Waals surface area contributed by atoms with Crippen LogP contribution >= 0.6 is 11.6 Å². The van der Waals surface area contributed by atoms with Gasteiger partial charge < -0.3 is 15.5 Å². The number of amides is 1. The maximum absolute atomic E-state index is 12.6. The van der Waals surface area contributed by atoms with Crippen molar-refractivity contribution in [2.45, 2.75) is 6.18 Å². The smallest absolute Gasteiger partial charge is 0.324 e. The van der Waals surface area contributed by atoms with Crippen molar-refractivity contribution in [1.82, 2.24) is 10.2 Å². The van der Waals surface area contributed by atoms with Crippen LogP contribution in [0.3, 0.4) is 0 Å². The molecule has 0 aliphatic heterocycles. The van der Waals surface area contributed by atoms with Crippen molar-refractivity contribution < 1.29 is 18.0 Å². The standard InChI is InChI=1S/C13H17ClF3N3O/c1-20(2)6-5-18-8-12(21)19-11-7-9(13(15,16)17)3-4-10(11)14/h3-4,7,18H,5-6,8H2,1-2H3,(H,19,21). The molecule has 0 saturated carbocycles. The third-order valence-corrected chi connectivity index (χ3v) is 2.92. The van der Waals surface area contributed by atoms with Crippen molar-refractivity contribution in [3.05, 3.63) is 28.8 Å². The average Bonchev–Trinajstić information content (AvgIpc) is 2.36. The summed E-state index contributed by atoms with van der Waals surface area (Å²) in [6, 6.07) is 2.80. The largest absolute Gasteiger partial charge is 0.416 e. The quantitative estimate of drug-likeness (QED) is 0.790. The van der Waals surface area contributed by atoms with Gasteiger partial charge in [0.15, 0.2) is 0 Å². The molecule has 1 amide bonds. The topological polar surface area (TPSA) is 44.4 Å². The minimum Gasteiger partial charge on any atom is -0.324 e. The minimum absolute atomic E-state index is 0.000411. The Balaban J connectivity index is 2.59. The Morgan fingerprint density at radius 1 is 1.33 bits per heavy atom. The molecule has 0 heterocycles. The van der Waals surface area contributed by atoms with Crippen molar-refractivity contribution in [3.8, 4) is 0 Å². The zero-order chi connectivity index (χ0) is 16.0. The van der Waals surface area contributed by atoms with Gasteiger partial charge in [0.05, 0.1) is 22.8 Å². The van der Waals surface area contributed by atoms with E-state index in [1.165, 1.54) is 0 Å². The number of benzene rings is 1. The number of hydrogen-bond acceptors (Lipinski definition) is 3. The molecule has 0 saturated heterocycles. The summed E-state index contributed by atoms with van der Waals surface area (Å²) in [6.07, 6.45) is -4.48. The molecular weight excluding hydrogens is 307 g/mol. The number of rotatable bonds is 6. The normalized spacial score (nSPS) is 11.8. The second kappa shape index (κ2) is 7.63.